The summed E-state index contributed by atoms with van der Waals surface area (Å²) in [6, 6.07) is 67.8. The molecule has 0 N–H and O–H groups in total. The molecule has 0 unspecified atom stereocenters. The molecule has 0 aliphatic rings. The number of pyridine rings is 1. The van der Waals surface area contributed by atoms with E-state index in [4.69, 9.17) is 38.2 Å². The van der Waals surface area contributed by atoms with Crippen molar-refractivity contribution in [3.05, 3.63) is 268 Å². The van der Waals surface area contributed by atoms with E-state index in [0.29, 0.717) is 60.9 Å². The van der Waals surface area contributed by atoms with Crippen LogP contribution in [0.15, 0.2) is 217 Å². The fraction of sp³-hybridized carbons (Fsp3) is 0.143. The molecule has 72 heavy (non-hydrogen) atoms. The monoisotopic (exact) mass is 952 g/mol. The minimum Gasteiger partial charge on any atom is -0.489 e. The van der Waals surface area contributed by atoms with Crippen LogP contribution in [0, 0.1) is 13.8 Å². The van der Waals surface area contributed by atoms with Gasteiger partial charge in [-0.25, -0.2) is 0 Å². The van der Waals surface area contributed by atoms with E-state index < -0.39 is 0 Å². The number of ether oxygens (including phenoxy) is 7. The van der Waals surface area contributed by atoms with E-state index in [1.165, 1.54) is 0 Å². The van der Waals surface area contributed by atoms with Gasteiger partial charge in [0, 0.05) is 24.4 Å². The molecule has 0 radical (unpaired) electrons. The maximum absolute atomic E-state index is 6.61. The van der Waals surface area contributed by atoms with Crippen LogP contribution in [-0.4, -0.2) is 11.2 Å². The molecule has 9 heteroatoms. The van der Waals surface area contributed by atoms with Crippen LogP contribution in [0.1, 0.15) is 55.8 Å². The van der Waals surface area contributed by atoms with Crippen molar-refractivity contribution in [2.75, 3.05) is 0 Å². The summed E-state index contributed by atoms with van der Waals surface area (Å²) in [5.41, 5.74) is 10.4. The fourth-order valence-corrected chi connectivity index (χ4v) is 7.76. The molecular formula is C63H56N2O7. The largest absolute Gasteiger partial charge is 0.489 e. The molecule has 0 fully saturated rings. The third kappa shape index (κ3) is 14.6. The SMILES string of the molecule is Cc1cc(OCc2cc(OCc3cc(OCc4ccccc4)cc(OCc4ccccc4)c3)cc(OCc3cc(OCc4ccccc4)cc(OCc4ccccc4)c3)c2)c(C)cc1N=Cc1ccccn1. The lowest BCUT2D eigenvalue weighted by Crippen LogP contribution is -2.04. The quantitative estimate of drug-likeness (QED) is 0.0586. The lowest BCUT2D eigenvalue weighted by atomic mass is 10.1. The van der Waals surface area contributed by atoms with Crippen LogP contribution in [-0.2, 0) is 46.2 Å². The normalized spacial score (nSPS) is 11.0. The Kier molecular flexibility index (Phi) is 16.5. The van der Waals surface area contributed by atoms with Gasteiger partial charge in [-0.2, -0.15) is 0 Å². The smallest absolute Gasteiger partial charge is 0.123 e. The molecule has 0 saturated carbocycles. The maximum Gasteiger partial charge on any atom is 0.123 e. The Hall–Kier alpha value is -8.82. The van der Waals surface area contributed by atoms with E-state index in [1.807, 2.05) is 220 Å². The van der Waals surface area contributed by atoms with Gasteiger partial charge in [-0.3, -0.25) is 9.98 Å². The van der Waals surface area contributed by atoms with Crippen molar-refractivity contribution in [2.24, 2.45) is 4.99 Å². The summed E-state index contributed by atoms with van der Waals surface area (Å²) in [6.07, 6.45) is 3.53. The highest BCUT2D eigenvalue weighted by atomic mass is 16.5. The summed E-state index contributed by atoms with van der Waals surface area (Å²) in [6.45, 7) is 6.41. The van der Waals surface area contributed by atoms with E-state index in [-0.39, 0.29) is 19.8 Å². The second-order valence-electron chi connectivity index (χ2n) is 17.3. The first kappa shape index (κ1) is 48.2. The van der Waals surface area contributed by atoms with E-state index in [9.17, 15) is 0 Å². The average molecular weight is 953 g/mol. The van der Waals surface area contributed by atoms with Gasteiger partial charge in [0.1, 0.15) is 86.5 Å². The first-order valence-corrected chi connectivity index (χ1v) is 24.0. The topological polar surface area (TPSA) is 89.9 Å². The van der Waals surface area contributed by atoms with Crippen molar-refractivity contribution >= 4 is 11.9 Å². The van der Waals surface area contributed by atoms with Crippen LogP contribution in [0.3, 0.4) is 0 Å². The predicted molar refractivity (Wildman–Crippen MR) is 283 cm³/mol. The number of hydrogen-bond acceptors (Lipinski definition) is 9. The molecule has 9 nitrogen and oxygen atoms in total. The third-order valence-corrected chi connectivity index (χ3v) is 11.5. The number of nitrogens with zero attached hydrogens (tertiary/aromatic N) is 2. The van der Waals surface area contributed by atoms with Crippen molar-refractivity contribution in [3.8, 4) is 40.2 Å². The van der Waals surface area contributed by atoms with Gasteiger partial charge in [-0.15, -0.1) is 0 Å². The minimum atomic E-state index is 0.232. The van der Waals surface area contributed by atoms with Gasteiger partial charge in [0.05, 0.1) is 17.6 Å². The lowest BCUT2D eigenvalue weighted by Gasteiger charge is -2.16. The van der Waals surface area contributed by atoms with Gasteiger partial charge in [0.2, 0.25) is 0 Å². The Balaban J connectivity index is 0.965. The Morgan fingerprint density at radius 3 is 1.01 bits per heavy atom. The van der Waals surface area contributed by atoms with Crippen LogP contribution >= 0.6 is 0 Å². The van der Waals surface area contributed by atoms with Crippen LogP contribution in [0.25, 0.3) is 0 Å². The van der Waals surface area contributed by atoms with Crippen LogP contribution in [0.5, 0.6) is 40.2 Å². The van der Waals surface area contributed by atoms with Crippen molar-refractivity contribution in [1.82, 2.24) is 4.98 Å². The number of rotatable bonds is 23. The summed E-state index contributed by atoms with van der Waals surface area (Å²) in [5.74, 6) is 4.67. The van der Waals surface area contributed by atoms with Crippen molar-refractivity contribution in [2.45, 2.75) is 60.1 Å². The van der Waals surface area contributed by atoms with Crippen LogP contribution in [0.2, 0.25) is 0 Å². The molecule has 1 aromatic heterocycles. The van der Waals surface area contributed by atoms with E-state index in [1.54, 1.807) is 12.4 Å². The van der Waals surface area contributed by atoms with Crippen LogP contribution < -0.4 is 33.2 Å². The Labute approximate surface area is 421 Å². The van der Waals surface area contributed by atoms with Gasteiger partial charge in [-0.1, -0.05) is 127 Å². The number of benzene rings is 8. The summed E-state index contributed by atoms with van der Waals surface area (Å²) in [7, 11) is 0. The average Bonchev–Trinajstić information content (AvgIpc) is 3.43. The zero-order valence-corrected chi connectivity index (χ0v) is 40.5. The number of hydrogen-bond donors (Lipinski definition) is 0. The Bertz CT molecular complexity index is 2870. The molecule has 8 aromatic carbocycles. The molecular weight excluding hydrogens is 897 g/mol. The van der Waals surface area contributed by atoms with E-state index in [2.05, 4.69) is 4.98 Å². The van der Waals surface area contributed by atoms with E-state index in [0.717, 1.165) is 67.2 Å². The molecule has 0 atom stereocenters. The van der Waals surface area contributed by atoms with Gasteiger partial charge >= 0.3 is 0 Å². The van der Waals surface area contributed by atoms with Crippen molar-refractivity contribution in [3.63, 3.8) is 0 Å². The zero-order valence-electron chi connectivity index (χ0n) is 40.5. The highest BCUT2D eigenvalue weighted by molar-refractivity contribution is 5.80. The Morgan fingerprint density at radius 1 is 0.333 bits per heavy atom. The highest BCUT2D eigenvalue weighted by Gasteiger charge is 2.13. The molecule has 0 spiro atoms. The summed E-state index contributed by atoms with van der Waals surface area (Å²) >= 11 is 0. The molecule has 0 amide bonds. The molecule has 1 heterocycles. The van der Waals surface area contributed by atoms with Crippen LogP contribution in [0.4, 0.5) is 5.69 Å². The highest BCUT2D eigenvalue weighted by Crippen LogP contribution is 2.33. The van der Waals surface area contributed by atoms with Gasteiger partial charge < -0.3 is 33.2 Å². The van der Waals surface area contributed by atoms with Crippen molar-refractivity contribution < 1.29 is 33.2 Å². The first-order chi connectivity index (χ1) is 35.4. The van der Waals surface area contributed by atoms with Gasteiger partial charge in [0.15, 0.2) is 0 Å². The molecule has 9 aromatic rings. The number of aliphatic imine (C=N–C) groups is 1. The second kappa shape index (κ2) is 24.6. The second-order valence-corrected chi connectivity index (χ2v) is 17.3. The lowest BCUT2D eigenvalue weighted by molar-refractivity contribution is 0.272. The van der Waals surface area contributed by atoms with Gasteiger partial charge in [0.25, 0.3) is 0 Å². The molecule has 0 aliphatic heterocycles. The fourth-order valence-electron chi connectivity index (χ4n) is 7.76. The molecule has 0 aliphatic carbocycles. The maximum atomic E-state index is 6.61. The van der Waals surface area contributed by atoms with Crippen molar-refractivity contribution in [1.29, 1.82) is 0 Å². The zero-order chi connectivity index (χ0) is 49.2. The third-order valence-electron chi connectivity index (χ3n) is 11.5. The molecule has 0 bridgehead atoms. The molecule has 0 saturated heterocycles. The molecule has 9 rings (SSSR count). The van der Waals surface area contributed by atoms with E-state index >= 15 is 0 Å². The number of aromatic nitrogens is 1. The minimum absolute atomic E-state index is 0.232. The first-order valence-electron chi connectivity index (χ1n) is 24.0. The summed E-state index contributed by atoms with van der Waals surface area (Å²) in [5, 5.41) is 0. The summed E-state index contributed by atoms with van der Waals surface area (Å²) < 4.78 is 45.0. The van der Waals surface area contributed by atoms with Gasteiger partial charge in [-0.05, 0) is 125 Å². The molecule has 360 valence electrons. The summed E-state index contributed by atoms with van der Waals surface area (Å²) in [4.78, 5) is 9.09. The standard InChI is InChI=1S/C63H56N2O7/c1-46-28-63(47(2)27-62(46)65-38-55-25-15-16-26-64-55)72-45-54-33-60(70-43-52-29-56(66-39-48-17-7-3-8-18-48)35-57(30-52)67-40-49-19-9-4-10-20-49)37-61(34-54)71-44-53-31-58(68-41-50-21-11-5-12-22-50)36-59(32-53)69-42-51-23-13-6-14-24-51/h3-38H,39-45H2,1-2H3. The predicted octanol–water partition coefficient (Wildman–Crippen LogP) is 14.5. The number of aryl methyl sites for hydroxylation is 2. The Morgan fingerprint density at radius 2 is 0.667 bits per heavy atom.